The molecule has 2 rings (SSSR count). The van der Waals surface area contributed by atoms with Gasteiger partial charge in [-0.25, -0.2) is 0 Å². The van der Waals surface area contributed by atoms with Gasteiger partial charge in [0.1, 0.15) is 0 Å². The van der Waals surface area contributed by atoms with Crippen LogP contribution in [-0.2, 0) is 0 Å². The molecule has 0 aromatic rings. The van der Waals surface area contributed by atoms with Crippen molar-refractivity contribution in [3.05, 3.63) is 0 Å². The van der Waals surface area contributed by atoms with Crippen LogP contribution in [0.1, 0.15) is 59.8 Å². The summed E-state index contributed by atoms with van der Waals surface area (Å²) >= 11 is 0. The third-order valence-electron chi connectivity index (χ3n) is 5.85. The van der Waals surface area contributed by atoms with Crippen molar-refractivity contribution in [3.8, 4) is 0 Å². The maximum Gasteiger partial charge on any atom is 0.0695 e. The largest absolute Gasteiger partial charge is 0.391 e. The first kappa shape index (κ1) is 17.2. The number of likely N-dealkylation sites (N-methyl/N-ethyl adjacent to an activating group) is 1. The first-order valence-corrected chi connectivity index (χ1v) is 8.95. The Morgan fingerprint density at radius 2 is 1.86 bits per heavy atom. The standard InChI is InChI=1S/C18H36N2O/c1-6-15-13-19(5)10-7-11-20(15)16-12-14(18(2,3)4)8-9-17(16)21/h14-17,21H,6-13H2,1-5H3. The van der Waals surface area contributed by atoms with Gasteiger partial charge in [-0.15, -0.1) is 0 Å². The van der Waals surface area contributed by atoms with Crippen molar-refractivity contribution in [1.82, 2.24) is 9.80 Å². The summed E-state index contributed by atoms with van der Waals surface area (Å²) < 4.78 is 0. The lowest BCUT2D eigenvalue weighted by Crippen LogP contribution is -2.54. The van der Waals surface area contributed by atoms with Gasteiger partial charge in [0.25, 0.3) is 0 Å². The molecule has 2 fully saturated rings. The molecule has 4 unspecified atom stereocenters. The van der Waals surface area contributed by atoms with Crippen molar-refractivity contribution in [2.24, 2.45) is 11.3 Å². The topological polar surface area (TPSA) is 26.7 Å². The number of hydrogen-bond donors (Lipinski definition) is 1. The normalized spacial score (nSPS) is 37.4. The van der Waals surface area contributed by atoms with Crippen LogP contribution in [0, 0.1) is 11.3 Å². The van der Waals surface area contributed by atoms with Crippen LogP contribution in [0.3, 0.4) is 0 Å². The van der Waals surface area contributed by atoms with Gasteiger partial charge in [0.2, 0.25) is 0 Å². The highest BCUT2D eigenvalue weighted by Crippen LogP contribution is 2.40. The second-order valence-electron chi connectivity index (χ2n) is 8.43. The molecule has 1 aliphatic heterocycles. The Hall–Kier alpha value is -0.120. The zero-order valence-electron chi connectivity index (χ0n) is 14.8. The Balaban J connectivity index is 2.12. The van der Waals surface area contributed by atoms with Crippen LogP contribution in [0.4, 0.5) is 0 Å². The van der Waals surface area contributed by atoms with Crippen LogP contribution in [0.2, 0.25) is 0 Å². The second kappa shape index (κ2) is 6.97. The number of hydrogen-bond acceptors (Lipinski definition) is 3. The highest BCUT2D eigenvalue weighted by atomic mass is 16.3. The van der Waals surface area contributed by atoms with Gasteiger partial charge in [-0.1, -0.05) is 27.7 Å². The van der Waals surface area contributed by atoms with E-state index < -0.39 is 0 Å². The lowest BCUT2D eigenvalue weighted by Gasteiger charge is -2.46. The van der Waals surface area contributed by atoms with Gasteiger partial charge in [-0.3, -0.25) is 4.90 Å². The Morgan fingerprint density at radius 3 is 2.48 bits per heavy atom. The summed E-state index contributed by atoms with van der Waals surface area (Å²) in [7, 11) is 2.24. The summed E-state index contributed by atoms with van der Waals surface area (Å²) in [6.45, 7) is 12.9. The average Bonchev–Trinajstić information content (AvgIpc) is 2.59. The van der Waals surface area contributed by atoms with Crippen molar-refractivity contribution in [2.45, 2.75) is 78.0 Å². The molecule has 0 aromatic heterocycles. The maximum atomic E-state index is 10.6. The van der Waals surface area contributed by atoms with Crippen molar-refractivity contribution in [2.75, 3.05) is 26.7 Å². The lowest BCUT2D eigenvalue weighted by molar-refractivity contribution is -0.0329. The Bertz CT molecular complexity index is 326. The van der Waals surface area contributed by atoms with Gasteiger partial charge in [0.15, 0.2) is 0 Å². The van der Waals surface area contributed by atoms with Crippen molar-refractivity contribution in [3.63, 3.8) is 0 Å². The van der Waals surface area contributed by atoms with E-state index in [0.717, 1.165) is 25.4 Å². The predicted octanol–water partition coefficient (Wildman–Crippen LogP) is 2.98. The lowest BCUT2D eigenvalue weighted by atomic mass is 9.69. The zero-order valence-corrected chi connectivity index (χ0v) is 14.8. The molecule has 0 radical (unpaired) electrons. The van der Waals surface area contributed by atoms with Crippen LogP contribution < -0.4 is 0 Å². The highest BCUT2D eigenvalue weighted by molar-refractivity contribution is 4.94. The van der Waals surface area contributed by atoms with Gasteiger partial charge in [-0.2, -0.15) is 0 Å². The van der Waals surface area contributed by atoms with E-state index in [1.165, 1.54) is 32.2 Å². The summed E-state index contributed by atoms with van der Waals surface area (Å²) in [4.78, 5) is 5.12. The van der Waals surface area contributed by atoms with E-state index in [-0.39, 0.29) is 6.10 Å². The Morgan fingerprint density at radius 1 is 1.14 bits per heavy atom. The van der Waals surface area contributed by atoms with Crippen LogP contribution in [-0.4, -0.2) is 59.8 Å². The summed E-state index contributed by atoms with van der Waals surface area (Å²) in [6, 6.07) is 0.982. The molecule has 124 valence electrons. The van der Waals surface area contributed by atoms with Crippen LogP contribution in [0.25, 0.3) is 0 Å². The number of rotatable bonds is 2. The fourth-order valence-electron chi connectivity index (χ4n) is 4.34. The molecule has 0 bridgehead atoms. The summed E-state index contributed by atoms with van der Waals surface area (Å²) in [6.07, 6.45) is 5.64. The molecule has 0 aromatic carbocycles. The third-order valence-corrected chi connectivity index (χ3v) is 5.85. The van der Waals surface area contributed by atoms with E-state index in [1.807, 2.05) is 0 Å². The summed E-state index contributed by atoms with van der Waals surface area (Å²) in [5.74, 6) is 0.740. The Kier molecular flexibility index (Phi) is 5.72. The van der Waals surface area contributed by atoms with E-state index in [9.17, 15) is 5.11 Å². The van der Waals surface area contributed by atoms with Crippen molar-refractivity contribution >= 4 is 0 Å². The van der Waals surface area contributed by atoms with E-state index in [4.69, 9.17) is 0 Å². The first-order valence-electron chi connectivity index (χ1n) is 8.95. The molecule has 1 aliphatic carbocycles. The molecule has 0 spiro atoms. The zero-order chi connectivity index (χ0) is 15.6. The summed E-state index contributed by atoms with van der Waals surface area (Å²) in [5, 5.41) is 10.6. The monoisotopic (exact) mass is 296 g/mol. The molecular weight excluding hydrogens is 260 g/mol. The molecule has 1 saturated carbocycles. The molecule has 1 heterocycles. The molecule has 4 atom stereocenters. The smallest absolute Gasteiger partial charge is 0.0695 e. The van der Waals surface area contributed by atoms with E-state index in [2.05, 4.69) is 44.5 Å². The predicted molar refractivity (Wildman–Crippen MR) is 89.5 cm³/mol. The molecule has 0 amide bonds. The minimum Gasteiger partial charge on any atom is -0.391 e. The average molecular weight is 296 g/mol. The van der Waals surface area contributed by atoms with E-state index in [1.54, 1.807) is 0 Å². The summed E-state index contributed by atoms with van der Waals surface area (Å²) in [5.41, 5.74) is 0.364. The van der Waals surface area contributed by atoms with Crippen LogP contribution in [0.15, 0.2) is 0 Å². The van der Waals surface area contributed by atoms with E-state index in [0.29, 0.717) is 17.5 Å². The van der Waals surface area contributed by atoms with Gasteiger partial charge in [0.05, 0.1) is 6.10 Å². The number of aliphatic hydroxyl groups excluding tert-OH is 1. The van der Waals surface area contributed by atoms with Crippen molar-refractivity contribution < 1.29 is 5.11 Å². The third kappa shape index (κ3) is 4.20. The SMILES string of the molecule is CCC1CN(C)CCCN1C1CC(C(C)(C)C)CCC1O. The van der Waals surface area contributed by atoms with Gasteiger partial charge < -0.3 is 10.0 Å². The van der Waals surface area contributed by atoms with Crippen LogP contribution in [0.5, 0.6) is 0 Å². The molecule has 3 nitrogen and oxygen atoms in total. The van der Waals surface area contributed by atoms with Gasteiger partial charge in [0, 0.05) is 25.2 Å². The van der Waals surface area contributed by atoms with Crippen LogP contribution >= 0.6 is 0 Å². The Labute approximate surface area is 131 Å². The molecule has 1 saturated heterocycles. The fraction of sp³-hybridized carbons (Fsp3) is 1.00. The molecule has 3 heteroatoms. The van der Waals surface area contributed by atoms with Gasteiger partial charge in [-0.05, 0) is 57.0 Å². The quantitative estimate of drug-likeness (QED) is 0.848. The highest BCUT2D eigenvalue weighted by Gasteiger charge is 2.40. The van der Waals surface area contributed by atoms with E-state index >= 15 is 0 Å². The minimum atomic E-state index is -0.124. The minimum absolute atomic E-state index is 0.124. The second-order valence-corrected chi connectivity index (χ2v) is 8.43. The first-order chi connectivity index (χ1) is 9.82. The fourth-order valence-corrected chi connectivity index (χ4v) is 4.34. The number of nitrogens with zero attached hydrogens (tertiary/aromatic N) is 2. The molecule has 2 aliphatic rings. The number of aliphatic hydroxyl groups is 1. The molecule has 21 heavy (non-hydrogen) atoms. The maximum absolute atomic E-state index is 10.6. The molecule has 1 N–H and O–H groups in total. The van der Waals surface area contributed by atoms with Gasteiger partial charge >= 0.3 is 0 Å². The molecular formula is C18H36N2O. The van der Waals surface area contributed by atoms with Crippen molar-refractivity contribution in [1.29, 1.82) is 0 Å².